The highest BCUT2D eigenvalue weighted by Gasteiger charge is 2.29. The van der Waals surface area contributed by atoms with Crippen LogP contribution in [0.15, 0.2) is 23.0 Å². The number of nitrogens with two attached hydrogens (primary N) is 1. The Morgan fingerprint density at radius 2 is 1.88 bits per heavy atom. The van der Waals surface area contributed by atoms with E-state index in [-0.39, 0.29) is 6.04 Å². The molecular weight excluding hydrogens is 212 g/mol. The van der Waals surface area contributed by atoms with Crippen LogP contribution in [0.2, 0.25) is 0 Å². The van der Waals surface area contributed by atoms with Crippen LogP contribution in [-0.2, 0) is 0 Å². The monoisotopic (exact) mass is 236 g/mol. The lowest BCUT2D eigenvalue weighted by Gasteiger charge is -2.34. The fraction of sp³-hybridized carbons (Fsp3) is 0.714. The van der Waals surface area contributed by atoms with Gasteiger partial charge >= 0.3 is 0 Å². The van der Waals surface area contributed by atoms with Gasteiger partial charge in [-0.05, 0) is 49.5 Å². The Labute approximate surface area is 104 Å². The second-order valence-corrected chi connectivity index (χ2v) is 5.62. The van der Waals surface area contributed by atoms with Gasteiger partial charge in [-0.25, -0.2) is 0 Å². The molecule has 0 spiro atoms. The molecule has 3 N–H and O–H groups in total. The quantitative estimate of drug-likeness (QED) is 0.623. The van der Waals surface area contributed by atoms with E-state index in [0.717, 1.165) is 11.8 Å². The zero-order chi connectivity index (χ0) is 12.3. The van der Waals surface area contributed by atoms with E-state index in [4.69, 9.17) is 10.3 Å². The van der Waals surface area contributed by atoms with Crippen molar-refractivity contribution in [3.63, 3.8) is 0 Å². The first-order valence-corrected chi connectivity index (χ1v) is 6.70. The van der Waals surface area contributed by atoms with E-state index in [1.165, 1.54) is 31.2 Å². The average molecular weight is 236 g/mol. The fourth-order valence-electron chi connectivity index (χ4n) is 3.10. The molecule has 96 valence electrons. The molecule has 2 rings (SSSR count). The summed E-state index contributed by atoms with van der Waals surface area (Å²) < 4.78 is 5.15. The Balaban J connectivity index is 1.95. The molecule has 1 aromatic heterocycles. The van der Waals surface area contributed by atoms with Crippen LogP contribution < -0.4 is 11.3 Å². The van der Waals surface area contributed by atoms with E-state index in [1.807, 2.05) is 6.07 Å². The van der Waals surface area contributed by atoms with Crippen LogP contribution in [0.3, 0.4) is 0 Å². The zero-order valence-corrected chi connectivity index (χ0v) is 10.9. The largest absolute Gasteiger partial charge is 0.472 e. The molecule has 0 bridgehead atoms. The molecule has 0 radical (unpaired) electrons. The van der Waals surface area contributed by atoms with Crippen molar-refractivity contribution >= 4 is 0 Å². The van der Waals surface area contributed by atoms with Crippen molar-refractivity contribution in [1.29, 1.82) is 0 Å². The normalized spacial score (nSPS) is 27.3. The molecule has 3 nitrogen and oxygen atoms in total. The summed E-state index contributed by atoms with van der Waals surface area (Å²) in [6.07, 6.45) is 8.72. The molecule has 0 saturated heterocycles. The van der Waals surface area contributed by atoms with Crippen LogP contribution in [0, 0.1) is 17.8 Å². The summed E-state index contributed by atoms with van der Waals surface area (Å²) in [7, 11) is 0. The Kier molecular flexibility index (Phi) is 4.24. The van der Waals surface area contributed by atoms with Gasteiger partial charge in [0.25, 0.3) is 0 Å². The van der Waals surface area contributed by atoms with Crippen molar-refractivity contribution in [2.24, 2.45) is 23.6 Å². The number of hydrogen-bond donors (Lipinski definition) is 2. The highest BCUT2D eigenvalue weighted by Crippen LogP contribution is 2.39. The molecule has 1 aromatic rings. The van der Waals surface area contributed by atoms with Gasteiger partial charge in [0.1, 0.15) is 0 Å². The maximum absolute atomic E-state index is 5.70. The lowest BCUT2D eigenvalue weighted by Crippen LogP contribution is -2.35. The van der Waals surface area contributed by atoms with E-state index >= 15 is 0 Å². The Bertz CT molecular complexity index is 313. The van der Waals surface area contributed by atoms with Crippen LogP contribution in [0.4, 0.5) is 0 Å². The first-order chi connectivity index (χ1) is 8.22. The Hall–Kier alpha value is -0.800. The second kappa shape index (κ2) is 5.69. The molecule has 1 aliphatic carbocycles. The van der Waals surface area contributed by atoms with Crippen molar-refractivity contribution in [1.82, 2.24) is 5.43 Å². The molecule has 0 aromatic carbocycles. The SMILES string of the molecule is CC(C)C1CCC(C(NN)c2ccoc2)CC1. The van der Waals surface area contributed by atoms with Crippen molar-refractivity contribution in [2.75, 3.05) is 0 Å². The number of rotatable bonds is 4. The van der Waals surface area contributed by atoms with Crippen LogP contribution in [0.1, 0.15) is 51.1 Å². The molecule has 1 fully saturated rings. The summed E-state index contributed by atoms with van der Waals surface area (Å²) in [6, 6.07) is 2.26. The van der Waals surface area contributed by atoms with Crippen molar-refractivity contribution in [2.45, 2.75) is 45.6 Å². The molecule has 1 unspecified atom stereocenters. The minimum Gasteiger partial charge on any atom is -0.472 e. The maximum Gasteiger partial charge on any atom is 0.0950 e. The predicted molar refractivity (Wildman–Crippen MR) is 69.1 cm³/mol. The van der Waals surface area contributed by atoms with E-state index in [2.05, 4.69) is 19.3 Å². The smallest absolute Gasteiger partial charge is 0.0950 e. The van der Waals surface area contributed by atoms with Gasteiger partial charge < -0.3 is 4.42 Å². The third-order valence-corrected chi connectivity index (χ3v) is 4.31. The standard InChI is InChI=1S/C14H24N2O/c1-10(2)11-3-5-12(6-4-11)14(16-15)13-7-8-17-9-13/h7-12,14,16H,3-6,15H2,1-2H3. The highest BCUT2D eigenvalue weighted by molar-refractivity contribution is 5.12. The fourth-order valence-corrected chi connectivity index (χ4v) is 3.10. The maximum atomic E-state index is 5.70. The molecule has 1 heterocycles. The van der Waals surface area contributed by atoms with Gasteiger partial charge in [0.05, 0.1) is 18.6 Å². The van der Waals surface area contributed by atoms with Crippen LogP contribution >= 0.6 is 0 Å². The molecular formula is C14H24N2O. The molecule has 1 aliphatic rings. The van der Waals surface area contributed by atoms with E-state index in [1.54, 1.807) is 12.5 Å². The summed E-state index contributed by atoms with van der Waals surface area (Å²) in [5.74, 6) is 8.05. The van der Waals surface area contributed by atoms with Crippen molar-refractivity contribution in [3.05, 3.63) is 24.2 Å². The number of hydrazine groups is 1. The number of hydrogen-bond acceptors (Lipinski definition) is 3. The van der Waals surface area contributed by atoms with Crippen molar-refractivity contribution in [3.8, 4) is 0 Å². The lowest BCUT2D eigenvalue weighted by atomic mass is 9.74. The van der Waals surface area contributed by atoms with E-state index in [0.29, 0.717) is 5.92 Å². The third kappa shape index (κ3) is 2.90. The molecule has 3 heteroatoms. The topological polar surface area (TPSA) is 51.2 Å². The van der Waals surface area contributed by atoms with Gasteiger partial charge in [0.15, 0.2) is 0 Å². The van der Waals surface area contributed by atoms with E-state index < -0.39 is 0 Å². The van der Waals surface area contributed by atoms with Gasteiger partial charge in [-0.3, -0.25) is 11.3 Å². The second-order valence-electron chi connectivity index (χ2n) is 5.62. The Morgan fingerprint density at radius 1 is 1.24 bits per heavy atom. The van der Waals surface area contributed by atoms with E-state index in [9.17, 15) is 0 Å². The predicted octanol–water partition coefficient (Wildman–Crippen LogP) is 3.25. The summed E-state index contributed by atoms with van der Waals surface area (Å²) >= 11 is 0. The van der Waals surface area contributed by atoms with Gasteiger partial charge in [-0.2, -0.15) is 0 Å². The summed E-state index contributed by atoms with van der Waals surface area (Å²) in [5, 5.41) is 0. The van der Waals surface area contributed by atoms with Crippen LogP contribution in [-0.4, -0.2) is 0 Å². The summed E-state index contributed by atoms with van der Waals surface area (Å²) in [6.45, 7) is 4.67. The van der Waals surface area contributed by atoms with Gasteiger partial charge in [-0.1, -0.05) is 13.8 Å². The van der Waals surface area contributed by atoms with Crippen LogP contribution in [0.25, 0.3) is 0 Å². The van der Waals surface area contributed by atoms with Gasteiger partial charge in [-0.15, -0.1) is 0 Å². The van der Waals surface area contributed by atoms with Crippen molar-refractivity contribution < 1.29 is 4.42 Å². The molecule has 0 amide bonds. The Morgan fingerprint density at radius 3 is 2.35 bits per heavy atom. The minimum atomic E-state index is 0.252. The highest BCUT2D eigenvalue weighted by atomic mass is 16.3. The molecule has 0 aliphatic heterocycles. The first-order valence-electron chi connectivity index (χ1n) is 6.70. The zero-order valence-electron chi connectivity index (χ0n) is 10.9. The summed E-state index contributed by atoms with van der Waals surface area (Å²) in [5.41, 5.74) is 4.14. The van der Waals surface area contributed by atoms with Gasteiger partial charge in [0.2, 0.25) is 0 Å². The average Bonchev–Trinajstić information content (AvgIpc) is 2.84. The third-order valence-electron chi connectivity index (χ3n) is 4.31. The minimum absolute atomic E-state index is 0.252. The van der Waals surface area contributed by atoms with Crippen LogP contribution in [0.5, 0.6) is 0 Å². The molecule has 1 saturated carbocycles. The number of furan rings is 1. The molecule has 17 heavy (non-hydrogen) atoms. The first kappa shape index (κ1) is 12.7. The summed E-state index contributed by atoms with van der Waals surface area (Å²) in [4.78, 5) is 0. The number of nitrogens with one attached hydrogen (secondary N) is 1. The van der Waals surface area contributed by atoms with Gasteiger partial charge in [0, 0.05) is 5.56 Å². The molecule has 1 atom stereocenters. The lowest BCUT2D eigenvalue weighted by molar-refractivity contribution is 0.189.